The van der Waals surface area contributed by atoms with E-state index in [0.29, 0.717) is 0 Å². The maximum absolute atomic E-state index is 11.2. The second-order valence-electron chi connectivity index (χ2n) is 2.70. The van der Waals surface area contributed by atoms with E-state index in [-0.39, 0.29) is 6.54 Å². The zero-order valence-corrected chi connectivity index (χ0v) is 8.81. The van der Waals surface area contributed by atoms with Crippen LogP contribution in [0.4, 0.5) is 0 Å². The fraction of sp³-hybridized carbons (Fsp3) is 1.00. The topological polar surface area (TPSA) is 115 Å². The molecule has 0 saturated heterocycles. The van der Waals surface area contributed by atoms with Gasteiger partial charge in [-0.15, -0.1) is 0 Å². The van der Waals surface area contributed by atoms with Crippen LogP contribution in [0.1, 0.15) is 6.92 Å². The first-order valence-electron chi connectivity index (χ1n) is 3.56. The highest BCUT2D eigenvalue weighted by Crippen LogP contribution is 2.01. The minimum Gasteiger partial charge on any atom is -0.329 e. The second kappa shape index (κ2) is 4.36. The van der Waals surface area contributed by atoms with E-state index in [1.807, 2.05) is 0 Å². The molecule has 0 aromatic carbocycles. The number of sulfone groups is 1. The zero-order valence-electron chi connectivity index (χ0n) is 7.17. The summed E-state index contributed by atoms with van der Waals surface area (Å²) in [5, 5.41) is -0.783. The normalized spacial score (nSPS) is 15.6. The molecule has 0 aliphatic rings. The SMILES string of the molecule is CC(CN)S(=O)(=O)CCS(=O)(=O)O. The Labute approximate surface area is 77.8 Å². The smallest absolute Gasteiger partial charge is 0.265 e. The molecule has 0 aliphatic heterocycles. The van der Waals surface area contributed by atoms with Crippen molar-refractivity contribution in [1.82, 2.24) is 0 Å². The largest absolute Gasteiger partial charge is 0.329 e. The molecule has 0 heterocycles. The molecule has 80 valence electrons. The number of hydrogen-bond acceptors (Lipinski definition) is 5. The molecule has 0 saturated carbocycles. The molecule has 1 unspecified atom stereocenters. The Morgan fingerprint density at radius 2 is 1.69 bits per heavy atom. The standard InChI is InChI=1S/C5H13NO5S2/c1-5(4-6)12(7,8)2-3-13(9,10)11/h5H,2-4,6H2,1H3,(H,9,10,11). The van der Waals surface area contributed by atoms with Crippen molar-refractivity contribution < 1.29 is 21.4 Å². The van der Waals surface area contributed by atoms with E-state index in [2.05, 4.69) is 0 Å². The Bertz CT molecular complexity index is 343. The monoisotopic (exact) mass is 231 g/mol. The van der Waals surface area contributed by atoms with Gasteiger partial charge in [0.2, 0.25) is 0 Å². The summed E-state index contributed by atoms with van der Waals surface area (Å²) in [6, 6.07) is 0. The summed E-state index contributed by atoms with van der Waals surface area (Å²) in [5.74, 6) is -1.37. The Morgan fingerprint density at radius 3 is 2.00 bits per heavy atom. The second-order valence-corrected chi connectivity index (χ2v) is 6.81. The van der Waals surface area contributed by atoms with Gasteiger partial charge in [-0.2, -0.15) is 8.42 Å². The van der Waals surface area contributed by atoms with Crippen LogP contribution in [0.15, 0.2) is 0 Å². The van der Waals surface area contributed by atoms with Crippen molar-refractivity contribution in [3.05, 3.63) is 0 Å². The highest BCUT2D eigenvalue weighted by atomic mass is 32.2. The Kier molecular flexibility index (Phi) is 4.30. The summed E-state index contributed by atoms with van der Waals surface area (Å²) in [5.41, 5.74) is 5.11. The van der Waals surface area contributed by atoms with Crippen LogP contribution in [0.3, 0.4) is 0 Å². The van der Waals surface area contributed by atoms with Crippen LogP contribution in [-0.2, 0) is 20.0 Å². The molecule has 0 fully saturated rings. The van der Waals surface area contributed by atoms with E-state index in [1.54, 1.807) is 0 Å². The van der Waals surface area contributed by atoms with Gasteiger partial charge in [0.15, 0.2) is 9.84 Å². The molecule has 6 nitrogen and oxygen atoms in total. The number of hydrogen-bond donors (Lipinski definition) is 2. The molecule has 0 spiro atoms. The lowest BCUT2D eigenvalue weighted by Gasteiger charge is -2.08. The van der Waals surface area contributed by atoms with Crippen LogP contribution in [0.2, 0.25) is 0 Å². The quantitative estimate of drug-likeness (QED) is 0.564. The molecule has 3 N–H and O–H groups in total. The van der Waals surface area contributed by atoms with Crippen molar-refractivity contribution in [3.63, 3.8) is 0 Å². The van der Waals surface area contributed by atoms with E-state index in [1.165, 1.54) is 6.92 Å². The third kappa shape index (κ3) is 5.19. The van der Waals surface area contributed by atoms with Crippen molar-refractivity contribution in [2.45, 2.75) is 12.2 Å². The summed E-state index contributed by atoms with van der Waals surface area (Å²) in [7, 11) is -7.73. The average molecular weight is 231 g/mol. The minimum atomic E-state index is -4.22. The molecule has 0 aromatic rings. The van der Waals surface area contributed by atoms with Crippen molar-refractivity contribution in [3.8, 4) is 0 Å². The highest BCUT2D eigenvalue weighted by Gasteiger charge is 2.21. The lowest BCUT2D eigenvalue weighted by Crippen LogP contribution is -2.31. The summed E-state index contributed by atoms with van der Waals surface area (Å²) in [6.45, 7) is 1.33. The minimum absolute atomic E-state index is 0.0617. The third-order valence-corrected chi connectivity index (χ3v) is 4.74. The third-order valence-electron chi connectivity index (χ3n) is 1.57. The predicted octanol–water partition coefficient (Wildman–Crippen LogP) is -1.36. The van der Waals surface area contributed by atoms with Crippen LogP contribution < -0.4 is 5.73 Å². The molecule has 13 heavy (non-hydrogen) atoms. The van der Waals surface area contributed by atoms with Crippen molar-refractivity contribution >= 4 is 20.0 Å². The molecule has 0 amide bonds. The maximum atomic E-state index is 11.2. The fourth-order valence-corrected chi connectivity index (χ4v) is 3.04. The Hall–Kier alpha value is -0.180. The Balaban J connectivity index is 4.38. The van der Waals surface area contributed by atoms with E-state index < -0.39 is 36.7 Å². The molecule has 0 aromatic heterocycles. The lowest BCUT2D eigenvalue weighted by atomic mass is 10.5. The molecular formula is C5H13NO5S2. The zero-order chi connectivity index (χ0) is 10.7. The van der Waals surface area contributed by atoms with Gasteiger partial charge in [-0.25, -0.2) is 8.42 Å². The predicted molar refractivity (Wildman–Crippen MR) is 48.7 cm³/mol. The molecule has 8 heteroatoms. The molecular weight excluding hydrogens is 218 g/mol. The molecule has 0 aliphatic carbocycles. The van der Waals surface area contributed by atoms with Crippen LogP contribution in [0, 0.1) is 0 Å². The first kappa shape index (κ1) is 12.8. The van der Waals surface area contributed by atoms with E-state index in [9.17, 15) is 16.8 Å². The van der Waals surface area contributed by atoms with Crippen molar-refractivity contribution in [1.29, 1.82) is 0 Å². The maximum Gasteiger partial charge on any atom is 0.265 e. The van der Waals surface area contributed by atoms with Crippen molar-refractivity contribution in [2.24, 2.45) is 5.73 Å². The van der Waals surface area contributed by atoms with Crippen LogP contribution in [0.25, 0.3) is 0 Å². The summed E-state index contributed by atoms with van der Waals surface area (Å²) in [6.07, 6.45) is 0. The highest BCUT2D eigenvalue weighted by molar-refractivity contribution is 7.93. The summed E-state index contributed by atoms with van der Waals surface area (Å²) in [4.78, 5) is 0. The molecule has 0 radical (unpaired) electrons. The lowest BCUT2D eigenvalue weighted by molar-refractivity contribution is 0.484. The van der Waals surface area contributed by atoms with Crippen LogP contribution in [-0.4, -0.2) is 44.7 Å². The van der Waals surface area contributed by atoms with Gasteiger partial charge in [0.25, 0.3) is 10.1 Å². The van der Waals surface area contributed by atoms with Gasteiger partial charge >= 0.3 is 0 Å². The van der Waals surface area contributed by atoms with Gasteiger partial charge in [-0.05, 0) is 6.92 Å². The first-order valence-corrected chi connectivity index (χ1v) is 6.88. The van der Waals surface area contributed by atoms with Gasteiger partial charge < -0.3 is 5.73 Å². The van der Waals surface area contributed by atoms with Gasteiger partial charge in [0, 0.05) is 6.54 Å². The first-order chi connectivity index (χ1) is 5.69. The molecule has 1 atom stereocenters. The van der Waals surface area contributed by atoms with E-state index >= 15 is 0 Å². The average Bonchev–Trinajstić information content (AvgIpc) is 1.98. The Morgan fingerprint density at radius 1 is 1.23 bits per heavy atom. The summed E-state index contributed by atoms with van der Waals surface area (Å²) >= 11 is 0. The fourth-order valence-electron chi connectivity index (χ4n) is 0.569. The van der Waals surface area contributed by atoms with Crippen molar-refractivity contribution in [2.75, 3.05) is 18.1 Å². The number of rotatable bonds is 5. The van der Waals surface area contributed by atoms with Crippen LogP contribution in [0.5, 0.6) is 0 Å². The van der Waals surface area contributed by atoms with Gasteiger partial charge in [0.1, 0.15) is 0 Å². The van der Waals surface area contributed by atoms with Gasteiger partial charge in [-0.3, -0.25) is 4.55 Å². The van der Waals surface area contributed by atoms with Crippen LogP contribution >= 0.6 is 0 Å². The molecule has 0 bridgehead atoms. The molecule has 0 rings (SSSR count). The van der Waals surface area contributed by atoms with Gasteiger partial charge in [-0.1, -0.05) is 0 Å². The summed E-state index contributed by atoms with van der Waals surface area (Å²) < 4.78 is 51.1. The van der Waals surface area contributed by atoms with Gasteiger partial charge in [0.05, 0.1) is 16.8 Å². The van der Waals surface area contributed by atoms with E-state index in [0.717, 1.165) is 0 Å². The number of nitrogens with two attached hydrogens (primary N) is 1. The van der Waals surface area contributed by atoms with E-state index in [4.69, 9.17) is 10.3 Å².